The van der Waals surface area contributed by atoms with Crippen molar-refractivity contribution in [2.75, 3.05) is 13.7 Å². The molecule has 0 aromatic heterocycles. The molecule has 0 amide bonds. The Labute approximate surface area is 129 Å². The van der Waals surface area contributed by atoms with Gasteiger partial charge in [0.15, 0.2) is 0 Å². The molecule has 0 aliphatic heterocycles. The Hall–Kier alpha value is -1.58. The SMILES string of the molecule is CCNC(Cc1cccc(OC)c1)c1ccc(Cl)cc1F. The van der Waals surface area contributed by atoms with Gasteiger partial charge < -0.3 is 10.1 Å². The van der Waals surface area contributed by atoms with Gasteiger partial charge in [0.25, 0.3) is 0 Å². The lowest BCUT2D eigenvalue weighted by atomic mass is 9.98. The van der Waals surface area contributed by atoms with Crippen LogP contribution in [0.3, 0.4) is 0 Å². The van der Waals surface area contributed by atoms with E-state index in [0.717, 1.165) is 17.9 Å². The average Bonchev–Trinajstić information content (AvgIpc) is 2.47. The van der Waals surface area contributed by atoms with Crippen LogP contribution < -0.4 is 10.1 Å². The third-order valence-corrected chi connectivity index (χ3v) is 3.60. The van der Waals surface area contributed by atoms with Gasteiger partial charge in [0.2, 0.25) is 0 Å². The fourth-order valence-corrected chi connectivity index (χ4v) is 2.52. The Morgan fingerprint density at radius 3 is 2.71 bits per heavy atom. The number of halogens is 2. The predicted octanol–water partition coefficient (Wildman–Crippen LogP) is 4.38. The summed E-state index contributed by atoms with van der Waals surface area (Å²) in [5.74, 6) is 0.524. The summed E-state index contributed by atoms with van der Waals surface area (Å²) in [4.78, 5) is 0. The molecular weight excluding hydrogens is 289 g/mol. The van der Waals surface area contributed by atoms with E-state index in [2.05, 4.69) is 5.32 Å². The molecule has 0 bridgehead atoms. The van der Waals surface area contributed by atoms with Gasteiger partial charge in [-0.2, -0.15) is 0 Å². The van der Waals surface area contributed by atoms with E-state index < -0.39 is 0 Å². The summed E-state index contributed by atoms with van der Waals surface area (Å²) in [6.07, 6.45) is 0.684. The van der Waals surface area contributed by atoms with E-state index >= 15 is 0 Å². The number of hydrogen-bond donors (Lipinski definition) is 1. The first-order valence-corrected chi connectivity index (χ1v) is 7.33. The quantitative estimate of drug-likeness (QED) is 0.855. The van der Waals surface area contributed by atoms with Gasteiger partial charge >= 0.3 is 0 Å². The summed E-state index contributed by atoms with van der Waals surface area (Å²) in [5, 5.41) is 3.73. The second-order valence-corrected chi connectivity index (χ2v) is 5.27. The van der Waals surface area contributed by atoms with Gasteiger partial charge in [-0.1, -0.05) is 36.7 Å². The molecule has 2 nitrogen and oxygen atoms in total. The van der Waals surface area contributed by atoms with E-state index in [0.29, 0.717) is 17.0 Å². The molecule has 0 saturated carbocycles. The van der Waals surface area contributed by atoms with Gasteiger partial charge in [-0.05, 0) is 42.8 Å². The number of likely N-dealkylation sites (N-methyl/N-ethyl adjacent to an activating group) is 1. The van der Waals surface area contributed by atoms with Crippen molar-refractivity contribution in [1.82, 2.24) is 5.32 Å². The molecule has 21 heavy (non-hydrogen) atoms. The van der Waals surface area contributed by atoms with Crippen LogP contribution in [0.1, 0.15) is 24.1 Å². The van der Waals surface area contributed by atoms with Crippen LogP contribution >= 0.6 is 11.6 Å². The van der Waals surface area contributed by atoms with Crippen molar-refractivity contribution in [2.24, 2.45) is 0 Å². The average molecular weight is 308 g/mol. The Morgan fingerprint density at radius 2 is 2.05 bits per heavy atom. The molecule has 0 aliphatic carbocycles. The first-order valence-electron chi connectivity index (χ1n) is 6.95. The van der Waals surface area contributed by atoms with Crippen molar-refractivity contribution in [3.8, 4) is 5.75 Å². The minimum atomic E-state index is -0.281. The van der Waals surface area contributed by atoms with Crippen LogP contribution in [0, 0.1) is 5.82 Å². The van der Waals surface area contributed by atoms with Crippen molar-refractivity contribution in [3.63, 3.8) is 0 Å². The number of nitrogens with one attached hydrogen (secondary N) is 1. The molecule has 0 radical (unpaired) electrons. The molecule has 0 fully saturated rings. The molecule has 1 N–H and O–H groups in total. The summed E-state index contributed by atoms with van der Waals surface area (Å²) >= 11 is 5.82. The highest BCUT2D eigenvalue weighted by Gasteiger charge is 2.16. The summed E-state index contributed by atoms with van der Waals surface area (Å²) in [6, 6.07) is 12.5. The van der Waals surface area contributed by atoms with Crippen molar-refractivity contribution < 1.29 is 9.13 Å². The van der Waals surface area contributed by atoms with Gasteiger partial charge in [0.1, 0.15) is 11.6 Å². The van der Waals surface area contributed by atoms with Gasteiger partial charge in [0, 0.05) is 16.6 Å². The molecule has 0 spiro atoms. The first-order chi connectivity index (χ1) is 10.1. The minimum Gasteiger partial charge on any atom is -0.497 e. The maximum atomic E-state index is 14.1. The molecule has 2 rings (SSSR count). The topological polar surface area (TPSA) is 21.3 Å². The normalized spacial score (nSPS) is 12.2. The van der Waals surface area contributed by atoms with E-state index in [1.165, 1.54) is 6.07 Å². The summed E-state index contributed by atoms with van der Waals surface area (Å²) in [5.41, 5.74) is 1.72. The largest absolute Gasteiger partial charge is 0.497 e. The van der Waals surface area contributed by atoms with Crippen LogP contribution in [0.5, 0.6) is 5.75 Å². The zero-order valence-electron chi connectivity index (χ0n) is 12.2. The fraction of sp³-hybridized carbons (Fsp3) is 0.294. The monoisotopic (exact) mass is 307 g/mol. The highest BCUT2D eigenvalue weighted by Crippen LogP contribution is 2.25. The predicted molar refractivity (Wildman–Crippen MR) is 84.5 cm³/mol. The van der Waals surface area contributed by atoms with E-state index in [1.807, 2.05) is 31.2 Å². The first kappa shape index (κ1) is 15.8. The highest BCUT2D eigenvalue weighted by atomic mass is 35.5. The Morgan fingerprint density at radius 1 is 1.24 bits per heavy atom. The molecule has 0 aliphatic rings. The zero-order chi connectivity index (χ0) is 15.2. The maximum absolute atomic E-state index is 14.1. The molecule has 112 valence electrons. The third kappa shape index (κ3) is 4.19. The molecule has 0 saturated heterocycles. The number of ether oxygens (including phenoxy) is 1. The lowest BCUT2D eigenvalue weighted by Crippen LogP contribution is -2.24. The van der Waals surface area contributed by atoms with Crippen LogP contribution in [-0.2, 0) is 6.42 Å². The van der Waals surface area contributed by atoms with Crippen LogP contribution in [0.15, 0.2) is 42.5 Å². The Balaban J connectivity index is 2.26. The third-order valence-electron chi connectivity index (χ3n) is 3.36. The van der Waals surface area contributed by atoms with E-state index in [1.54, 1.807) is 19.2 Å². The van der Waals surface area contributed by atoms with Crippen LogP contribution in [0.25, 0.3) is 0 Å². The summed E-state index contributed by atoms with van der Waals surface area (Å²) in [7, 11) is 1.64. The maximum Gasteiger partial charge on any atom is 0.129 e. The summed E-state index contributed by atoms with van der Waals surface area (Å²) < 4.78 is 19.4. The van der Waals surface area contributed by atoms with Crippen LogP contribution in [-0.4, -0.2) is 13.7 Å². The van der Waals surface area contributed by atoms with Gasteiger partial charge in [-0.3, -0.25) is 0 Å². The standard InChI is InChI=1S/C17H19ClFNO/c1-3-20-17(15-8-7-13(18)11-16(15)19)10-12-5-4-6-14(9-12)21-2/h4-9,11,17,20H,3,10H2,1-2H3. The summed E-state index contributed by atoms with van der Waals surface area (Å²) in [6.45, 7) is 2.77. The Bertz CT molecular complexity index is 603. The smallest absolute Gasteiger partial charge is 0.129 e. The molecule has 0 heterocycles. The van der Waals surface area contributed by atoms with Crippen molar-refractivity contribution in [2.45, 2.75) is 19.4 Å². The van der Waals surface area contributed by atoms with Crippen molar-refractivity contribution in [1.29, 1.82) is 0 Å². The van der Waals surface area contributed by atoms with Crippen molar-refractivity contribution >= 4 is 11.6 Å². The lowest BCUT2D eigenvalue weighted by molar-refractivity contribution is 0.413. The number of methoxy groups -OCH3 is 1. The second-order valence-electron chi connectivity index (χ2n) is 4.83. The molecular formula is C17H19ClFNO. The van der Waals surface area contributed by atoms with Crippen LogP contribution in [0.2, 0.25) is 5.02 Å². The molecule has 4 heteroatoms. The van der Waals surface area contributed by atoms with E-state index in [-0.39, 0.29) is 11.9 Å². The molecule has 2 aromatic rings. The van der Waals surface area contributed by atoms with Gasteiger partial charge in [-0.25, -0.2) is 4.39 Å². The van der Waals surface area contributed by atoms with E-state index in [4.69, 9.17) is 16.3 Å². The molecule has 1 unspecified atom stereocenters. The minimum absolute atomic E-state index is 0.0978. The van der Waals surface area contributed by atoms with Crippen molar-refractivity contribution in [3.05, 3.63) is 64.4 Å². The lowest BCUT2D eigenvalue weighted by Gasteiger charge is -2.19. The second kappa shape index (κ2) is 7.43. The molecule has 2 aromatic carbocycles. The van der Waals surface area contributed by atoms with Gasteiger partial charge in [-0.15, -0.1) is 0 Å². The highest BCUT2D eigenvalue weighted by molar-refractivity contribution is 6.30. The van der Waals surface area contributed by atoms with Crippen LogP contribution in [0.4, 0.5) is 4.39 Å². The number of benzene rings is 2. The number of rotatable bonds is 6. The molecule has 1 atom stereocenters. The van der Waals surface area contributed by atoms with Gasteiger partial charge in [0.05, 0.1) is 7.11 Å². The number of hydrogen-bond acceptors (Lipinski definition) is 2. The fourth-order valence-electron chi connectivity index (χ4n) is 2.36. The van der Waals surface area contributed by atoms with E-state index in [9.17, 15) is 4.39 Å². The Kier molecular flexibility index (Phi) is 5.59. The zero-order valence-corrected chi connectivity index (χ0v) is 13.0.